The predicted octanol–water partition coefficient (Wildman–Crippen LogP) is 2.49. The van der Waals surface area contributed by atoms with Crippen molar-refractivity contribution in [3.63, 3.8) is 0 Å². The van der Waals surface area contributed by atoms with Crippen LogP contribution < -0.4 is 0 Å². The zero-order chi connectivity index (χ0) is 14.4. The van der Waals surface area contributed by atoms with Crippen molar-refractivity contribution in [3.8, 4) is 0 Å². The van der Waals surface area contributed by atoms with Gasteiger partial charge in [-0.25, -0.2) is 4.79 Å². The van der Waals surface area contributed by atoms with Crippen LogP contribution in [0.4, 0.5) is 4.79 Å². The van der Waals surface area contributed by atoms with Crippen molar-refractivity contribution < 1.29 is 14.7 Å². The van der Waals surface area contributed by atoms with Crippen molar-refractivity contribution in [2.45, 2.75) is 32.9 Å². The number of carbonyl (C=O) groups is 2. The van der Waals surface area contributed by atoms with Gasteiger partial charge in [0.15, 0.2) is 0 Å². The maximum atomic E-state index is 12.3. The van der Waals surface area contributed by atoms with Gasteiger partial charge in [0.1, 0.15) is 0 Å². The van der Waals surface area contributed by atoms with Gasteiger partial charge in [0, 0.05) is 26.2 Å². The molecule has 1 rings (SSSR count). The summed E-state index contributed by atoms with van der Waals surface area (Å²) < 4.78 is 0. The number of carboxylic acid groups (broad SMARTS) is 1. The molecular weight excluding hydrogens is 264 g/mol. The molecule has 0 unspecified atom stereocenters. The van der Waals surface area contributed by atoms with Crippen LogP contribution in [0.1, 0.15) is 25.8 Å². The summed E-state index contributed by atoms with van der Waals surface area (Å²) in [6.07, 6.45) is -0.0315. The number of thiophene rings is 1. The highest BCUT2D eigenvalue weighted by molar-refractivity contribution is 7.07. The molecule has 0 aliphatic carbocycles. The van der Waals surface area contributed by atoms with Crippen molar-refractivity contribution in [2.75, 3.05) is 13.6 Å². The minimum Gasteiger partial charge on any atom is -0.481 e. The number of aliphatic carboxylic acids is 1. The molecule has 6 heteroatoms. The summed E-state index contributed by atoms with van der Waals surface area (Å²) in [6, 6.07) is 1.82. The van der Waals surface area contributed by atoms with Crippen LogP contribution in [0.2, 0.25) is 0 Å². The molecule has 0 fully saturated rings. The molecule has 0 radical (unpaired) electrons. The fraction of sp³-hybridized carbons (Fsp3) is 0.538. The van der Waals surface area contributed by atoms with E-state index in [1.165, 1.54) is 0 Å². The van der Waals surface area contributed by atoms with E-state index in [1.54, 1.807) is 28.2 Å². The van der Waals surface area contributed by atoms with Crippen LogP contribution in [0, 0.1) is 0 Å². The molecule has 1 heterocycles. The van der Waals surface area contributed by atoms with Crippen molar-refractivity contribution >= 4 is 23.3 Å². The quantitative estimate of drug-likeness (QED) is 0.873. The van der Waals surface area contributed by atoms with E-state index in [-0.39, 0.29) is 25.0 Å². The lowest BCUT2D eigenvalue weighted by Gasteiger charge is -2.30. The lowest BCUT2D eigenvalue weighted by molar-refractivity contribution is -0.137. The Bertz CT molecular complexity index is 418. The van der Waals surface area contributed by atoms with Crippen LogP contribution >= 0.6 is 11.3 Å². The minimum atomic E-state index is -0.890. The standard InChI is InChI=1S/C13H20N2O3S/c1-10(2)15(6-4-12(16)17)13(18)14(3)8-11-5-7-19-9-11/h5,7,9-10H,4,6,8H2,1-3H3,(H,16,17). The first-order valence-corrected chi connectivity index (χ1v) is 7.10. The highest BCUT2D eigenvalue weighted by atomic mass is 32.1. The first kappa shape index (κ1) is 15.5. The van der Waals surface area contributed by atoms with Gasteiger partial charge in [0.05, 0.1) is 6.42 Å². The third-order valence-corrected chi connectivity index (χ3v) is 3.49. The number of amides is 2. The molecule has 1 aromatic heterocycles. The second kappa shape index (κ2) is 7.13. The number of nitrogens with zero attached hydrogens (tertiary/aromatic N) is 2. The van der Waals surface area contributed by atoms with Gasteiger partial charge in [-0.2, -0.15) is 11.3 Å². The van der Waals surface area contributed by atoms with Crippen LogP contribution in [-0.2, 0) is 11.3 Å². The average molecular weight is 284 g/mol. The fourth-order valence-electron chi connectivity index (χ4n) is 1.73. The molecule has 106 valence electrons. The Labute approximate surface area is 117 Å². The van der Waals surface area contributed by atoms with Crippen LogP contribution in [0.15, 0.2) is 16.8 Å². The van der Waals surface area contributed by atoms with Gasteiger partial charge in [-0.05, 0) is 36.2 Å². The summed E-state index contributed by atoms with van der Waals surface area (Å²) in [4.78, 5) is 26.1. The van der Waals surface area contributed by atoms with Crippen LogP contribution in [-0.4, -0.2) is 46.5 Å². The zero-order valence-corrected chi connectivity index (χ0v) is 12.3. The molecule has 19 heavy (non-hydrogen) atoms. The fourth-order valence-corrected chi connectivity index (χ4v) is 2.39. The highest BCUT2D eigenvalue weighted by Gasteiger charge is 2.21. The molecule has 1 N–H and O–H groups in total. The van der Waals surface area contributed by atoms with Gasteiger partial charge in [0.2, 0.25) is 0 Å². The lowest BCUT2D eigenvalue weighted by atomic mass is 10.3. The van der Waals surface area contributed by atoms with Gasteiger partial charge in [-0.15, -0.1) is 0 Å². The van der Waals surface area contributed by atoms with Crippen LogP contribution in [0.25, 0.3) is 0 Å². The molecular formula is C13H20N2O3S. The van der Waals surface area contributed by atoms with E-state index < -0.39 is 5.97 Å². The molecule has 0 bridgehead atoms. The molecule has 0 saturated heterocycles. The summed E-state index contributed by atoms with van der Waals surface area (Å²) >= 11 is 1.59. The Kier molecular flexibility index (Phi) is 5.82. The maximum Gasteiger partial charge on any atom is 0.320 e. The first-order chi connectivity index (χ1) is 8.91. The van der Waals surface area contributed by atoms with E-state index in [9.17, 15) is 9.59 Å². The number of carboxylic acids is 1. The Hall–Kier alpha value is -1.56. The maximum absolute atomic E-state index is 12.3. The zero-order valence-electron chi connectivity index (χ0n) is 11.5. The van der Waals surface area contributed by atoms with E-state index in [0.717, 1.165) is 5.56 Å². The number of hydrogen-bond acceptors (Lipinski definition) is 3. The van der Waals surface area contributed by atoms with Crippen molar-refractivity contribution in [1.82, 2.24) is 9.80 Å². The van der Waals surface area contributed by atoms with Gasteiger partial charge in [-0.1, -0.05) is 0 Å². The summed E-state index contributed by atoms with van der Waals surface area (Å²) in [5.41, 5.74) is 1.09. The molecule has 0 spiro atoms. The largest absolute Gasteiger partial charge is 0.481 e. The molecule has 0 aromatic carbocycles. The van der Waals surface area contributed by atoms with Gasteiger partial charge in [0.25, 0.3) is 0 Å². The molecule has 0 saturated carbocycles. The van der Waals surface area contributed by atoms with Gasteiger partial charge >= 0.3 is 12.0 Å². The van der Waals surface area contributed by atoms with E-state index >= 15 is 0 Å². The molecule has 0 atom stereocenters. The summed E-state index contributed by atoms with van der Waals surface area (Å²) in [5, 5.41) is 12.7. The SMILES string of the molecule is CC(C)N(CCC(=O)O)C(=O)N(C)Cc1ccsc1. The third-order valence-electron chi connectivity index (χ3n) is 2.76. The number of carbonyl (C=O) groups excluding carboxylic acids is 1. The minimum absolute atomic E-state index is 0.0169. The highest BCUT2D eigenvalue weighted by Crippen LogP contribution is 2.11. The molecule has 0 aliphatic rings. The van der Waals surface area contributed by atoms with E-state index in [0.29, 0.717) is 6.54 Å². The summed E-state index contributed by atoms with van der Waals surface area (Å²) in [5.74, 6) is -0.890. The average Bonchev–Trinajstić information content (AvgIpc) is 2.80. The number of rotatable bonds is 6. The van der Waals surface area contributed by atoms with Crippen LogP contribution in [0.3, 0.4) is 0 Å². The Morgan fingerprint density at radius 3 is 2.58 bits per heavy atom. The van der Waals surface area contributed by atoms with Crippen LogP contribution in [0.5, 0.6) is 0 Å². The lowest BCUT2D eigenvalue weighted by Crippen LogP contribution is -2.45. The molecule has 1 aromatic rings. The van der Waals surface area contributed by atoms with Gasteiger partial charge < -0.3 is 14.9 Å². The number of urea groups is 1. The second-order valence-corrected chi connectivity index (χ2v) is 5.48. The smallest absolute Gasteiger partial charge is 0.320 e. The normalized spacial score (nSPS) is 10.5. The monoisotopic (exact) mass is 284 g/mol. The van der Waals surface area contributed by atoms with Crippen molar-refractivity contribution in [3.05, 3.63) is 22.4 Å². The van der Waals surface area contributed by atoms with E-state index in [2.05, 4.69) is 0 Å². The molecule has 0 aliphatic heterocycles. The molecule has 5 nitrogen and oxygen atoms in total. The van der Waals surface area contributed by atoms with E-state index in [1.807, 2.05) is 30.7 Å². The third kappa shape index (κ3) is 4.90. The summed E-state index contributed by atoms with van der Waals surface area (Å²) in [7, 11) is 1.73. The Morgan fingerprint density at radius 2 is 2.11 bits per heavy atom. The van der Waals surface area contributed by atoms with E-state index in [4.69, 9.17) is 5.11 Å². The van der Waals surface area contributed by atoms with Crippen molar-refractivity contribution in [2.24, 2.45) is 0 Å². The van der Waals surface area contributed by atoms with Gasteiger partial charge in [-0.3, -0.25) is 4.79 Å². The summed E-state index contributed by atoms with van der Waals surface area (Å²) in [6.45, 7) is 4.55. The number of hydrogen-bond donors (Lipinski definition) is 1. The van der Waals surface area contributed by atoms with Crippen molar-refractivity contribution in [1.29, 1.82) is 0 Å². The Morgan fingerprint density at radius 1 is 1.42 bits per heavy atom. The second-order valence-electron chi connectivity index (χ2n) is 4.70. The Balaban J connectivity index is 2.62. The first-order valence-electron chi connectivity index (χ1n) is 6.16. The topological polar surface area (TPSA) is 60.9 Å². The molecule has 2 amide bonds. The predicted molar refractivity (Wildman–Crippen MR) is 75.3 cm³/mol.